The van der Waals surface area contributed by atoms with Crippen molar-refractivity contribution in [2.24, 2.45) is 7.05 Å². The highest BCUT2D eigenvalue weighted by atomic mass is 15.2. The molecule has 0 bridgehead atoms. The standard InChI is InChI=1S/C13H15N3/c1-16-7-6-11(15-16)8-13-12-5-3-2-4-10(12)9-14-13/h2-7,13-14H,8-9H2,1H3. The number of fused-ring (bicyclic) bond motifs is 1. The number of aryl methyl sites for hydroxylation is 1. The molecule has 1 aliphatic heterocycles. The maximum absolute atomic E-state index is 4.42. The Bertz CT molecular complexity index is 501. The van der Waals surface area contributed by atoms with Crippen molar-refractivity contribution >= 4 is 0 Å². The van der Waals surface area contributed by atoms with Crippen molar-refractivity contribution < 1.29 is 0 Å². The Morgan fingerprint density at radius 2 is 2.25 bits per heavy atom. The molecule has 1 unspecified atom stereocenters. The van der Waals surface area contributed by atoms with Crippen LogP contribution < -0.4 is 5.32 Å². The molecule has 1 aromatic carbocycles. The smallest absolute Gasteiger partial charge is 0.0643 e. The molecule has 0 fully saturated rings. The molecule has 0 spiro atoms. The van der Waals surface area contributed by atoms with Gasteiger partial charge in [-0.1, -0.05) is 24.3 Å². The van der Waals surface area contributed by atoms with E-state index < -0.39 is 0 Å². The Balaban J connectivity index is 1.83. The molecule has 0 saturated carbocycles. The number of aromatic nitrogens is 2. The number of nitrogens with one attached hydrogen (secondary N) is 1. The predicted octanol–water partition coefficient (Wildman–Crippen LogP) is 1.81. The molecule has 1 aromatic heterocycles. The zero-order valence-corrected chi connectivity index (χ0v) is 9.35. The number of nitrogens with zero attached hydrogens (tertiary/aromatic N) is 2. The first-order chi connectivity index (χ1) is 7.83. The van der Waals surface area contributed by atoms with E-state index in [1.54, 1.807) is 0 Å². The van der Waals surface area contributed by atoms with Gasteiger partial charge in [0.2, 0.25) is 0 Å². The van der Waals surface area contributed by atoms with Gasteiger partial charge in [-0.15, -0.1) is 0 Å². The zero-order chi connectivity index (χ0) is 11.0. The van der Waals surface area contributed by atoms with Crippen molar-refractivity contribution in [2.45, 2.75) is 19.0 Å². The maximum atomic E-state index is 4.42. The predicted molar refractivity (Wildman–Crippen MR) is 62.9 cm³/mol. The average Bonchev–Trinajstić information content (AvgIpc) is 2.87. The van der Waals surface area contributed by atoms with Crippen molar-refractivity contribution in [3.8, 4) is 0 Å². The van der Waals surface area contributed by atoms with Crippen LogP contribution in [-0.2, 0) is 20.0 Å². The van der Waals surface area contributed by atoms with Crippen molar-refractivity contribution in [3.63, 3.8) is 0 Å². The van der Waals surface area contributed by atoms with Gasteiger partial charge in [-0.2, -0.15) is 5.10 Å². The lowest BCUT2D eigenvalue weighted by atomic mass is 10.0. The van der Waals surface area contributed by atoms with Crippen LogP contribution in [0.2, 0.25) is 0 Å². The van der Waals surface area contributed by atoms with Crippen molar-refractivity contribution in [1.29, 1.82) is 0 Å². The molecule has 3 heteroatoms. The first-order valence-corrected chi connectivity index (χ1v) is 5.62. The van der Waals surface area contributed by atoms with Gasteiger partial charge in [-0.05, 0) is 17.2 Å². The van der Waals surface area contributed by atoms with Gasteiger partial charge in [-0.3, -0.25) is 4.68 Å². The first-order valence-electron chi connectivity index (χ1n) is 5.62. The lowest BCUT2D eigenvalue weighted by Gasteiger charge is -2.09. The second kappa shape index (κ2) is 3.76. The fraction of sp³-hybridized carbons (Fsp3) is 0.308. The molecule has 2 heterocycles. The largest absolute Gasteiger partial charge is 0.305 e. The summed E-state index contributed by atoms with van der Waals surface area (Å²) in [4.78, 5) is 0. The Morgan fingerprint density at radius 1 is 1.38 bits per heavy atom. The normalized spacial score (nSPS) is 18.7. The van der Waals surface area contributed by atoms with Crippen LogP contribution in [0.15, 0.2) is 36.5 Å². The molecular weight excluding hydrogens is 198 g/mol. The third-order valence-corrected chi connectivity index (χ3v) is 3.15. The number of hydrogen-bond donors (Lipinski definition) is 1. The number of hydrogen-bond acceptors (Lipinski definition) is 2. The summed E-state index contributed by atoms with van der Waals surface area (Å²) in [6.07, 6.45) is 2.97. The van der Waals surface area contributed by atoms with E-state index in [4.69, 9.17) is 0 Å². The van der Waals surface area contributed by atoms with Crippen LogP contribution in [0.4, 0.5) is 0 Å². The van der Waals surface area contributed by atoms with Crippen molar-refractivity contribution in [2.75, 3.05) is 0 Å². The van der Waals surface area contributed by atoms with E-state index in [2.05, 4.69) is 40.7 Å². The third-order valence-electron chi connectivity index (χ3n) is 3.15. The Labute approximate surface area is 95.1 Å². The van der Waals surface area contributed by atoms with Crippen LogP contribution in [0.25, 0.3) is 0 Å². The van der Waals surface area contributed by atoms with Crippen LogP contribution in [0.3, 0.4) is 0 Å². The lowest BCUT2D eigenvalue weighted by Crippen LogP contribution is -2.15. The Hall–Kier alpha value is -1.61. The summed E-state index contributed by atoms with van der Waals surface area (Å²) in [5, 5.41) is 7.95. The molecule has 0 radical (unpaired) electrons. The van der Waals surface area contributed by atoms with Crippen LogP contribution in [0, 0.1) is 0 Å². The summed E-state index contributed by atoms with van der Waals surface area (Å²) in [6, 6.07) is 11.1. The minimum absolute atomic E-state index is 0.422. The average molecular weight is 213 g/mol. The van der Waals surface area contributed by atoms with E-state index >= 15 is 0 Å². The zero-order valence-electron chi connectivity index (χ0n) is 9.35. The van der Waals surface area contributed by atoms with Gasteiger partial charge in [0.05, 0.1) is 5.69 Å². The third kappa shape index (κ3) is 1.63. The van der Waals surface area contributed by atoms with E-state index in [-0.39, 0.29) is 0 Å². The van der Waals surface area contributed by atoms with Crippen LogP contribution in [0.1, 0.15) is 22.9 Å². The highest BCUT2D eigenvalue weighted by molar-refractivity contribution is 5.34. The maximum Gasteiger partial charge on any atom is 0.0643 e. The highest BCUT2D eigenvalue weighted by Gasteiger charge is 2.21. The summed E-state index contributed by atoms with van der Waals surface area (Å²) in [5.41, 5.74) is 3.99. The Kier molecular flexibility index (Phi) is 2.26. The molecule has 1 N–H and O–H groups in total. The van der Waals surface area contributed by atoms with Gasteiger partial charge in [0.25, 0.3) is 0 Å². The van der Waals surface area contributed by atoms with Crippen molar-refractivity contribution in [1.82, 2.24) is 15.1 Å². The van der Waals surface area contributed by atoms with E-state index in [1.807, 2.05) is 17.9 Å². The fourth-order valence-corrected chi connectivity index (χ4v) is 2.34. The molecule has 1 atom stereocenters. The highest BCUT2D eigenvalue weighted by Crippen LogP contribution is 2.27. The van der Waals surface area contributed by atoms with Gasteiger partial charge in [-0.25, -0.2) is 0 Å². The lowest BCUT2D eigenvalue weighted by molar-refractivity contribution is 0.568. The van der Waals surface area contributed by atoms with Gasteiger partial charge in [0.15, 0.2) is 0 Å². The number of rotatable bonds is 2. The summed E-state index contributed by atoms with van der Waals surface area (Å²) in [7, 11) is 1.96. The van der Waals surface area contributed by atoms with Crippen LogP contribution in [-0.4, -0.2) is 9.78 Å². The van der Waals surface area contributed by atoms with Gasteiger partial charge in [0.1, 0.15) is 0 Å². The Morgan fingerprint density at radius 3 is 3.06 bits per heavy atom. The van der Waals surface area contributed by atoms with E-state index in [0.29, 0.717) is 6.04 Å². The van der Waals surface area contributed by atoms with Crippen molar-refractivity contribution in [3.05, 3.63) is 53.3 Å². The molecule has 2 aromatic rings. The monoisotopic (exact) mass is 213 g/mol. The molecule has 3 nitrogen and oxygen atoms in total. The second-order valence-corrected chi connectivity index (χ2v) is 4.32. The van der Waals surface area contributed by atoms with Gasteiger partial charge >= 0.3 is 0 Å². The van der Waals surface area contributed by atoms with E-state index in [1.165, 1.54) is 11.1 Å². The van der Waals surface area contributed by atoms with E-state index in [0.717, 1.165) is 18.7 Å². The molecule has 0 aliphatic carbocycles. The summed E-state index contributed by atoms with van der Waals surface area (Å²) >= 11 is 0. The number of benzene rings is 1. The quantitative estimate of drug-likeness (QED) is 0.824. The van der Waals surface area contributed by atoms with E-state index in [9.17, 15) is 0 Å². The SMILES string of the molecule is Cn1ccc(CC2NCc3ccccc32)n1. The van der Waals surface area contributed by atoms with Gasteiger partial charge in [0, 0.05) is 32.3 Å². The molecule has 1 aliphatic rings. The fourth-order valence-electron chi connectivity index (χ4n) is 2.34. The molecule has 0 amide bonds. The van der Waals surface area contributed by atoms with Crippen LogP contribution in [0.5, 0.6) is 0 Å². The summed E-state index contributed by atoms with van der Waals surface area (Å²) in [6.45, 7) is 0.980. The summed E-state index contributed by atoms with van der Waals surface area (Å²) < 4.78 is 1.86. The molecular formula is C13H15N3. The minimum atomic E-state index is 0.422. The molecule has 82 valence electrons. The minimum Gasteiger partial charge on any atom is -0.305 e. The van der Waals surface area contributed by atoms with Crippen LogP contribution >= 0.6 is 0 Å². The van der Waals surface area contributed by atoms with Gasteiger partial charge < -0.3 is 5.32 Å². The molecule has 3 rings (SSSR count). The second-order valence-electron chi connectivity index (χ2n) is 4.32. The topological polar surface area (TPSA) is 29.9 Å². The molecule has 16 heavy (non-hydrogen) atoms. The molecule has 0 saturated heterocycles. The first kappa shape index (κ1) is 9.60. The summed E-state index contributed by atoms with van der Waals surface area (Å²) in [5.74, 6) is 0.